The lowest BCUT2D eigenvalue weighted by molar-refractivity contribution is -0.113. The minimum absolute atomic E-state index is 0.139. The molecule has 2 aromatic carbocycles. The smallest absolute Gasteiger partial charge is 0.236 e. The Morgan fingerprint density at radius 2 is 1.79 bits per heavy atom. The highest BCUT2D eigenvalue weighted by Gasteiger charge is 2.15. The van der Waals surface area contributed by atoms with E-state index in [1.165, 1.54) is 23.1 Å². The number of rotatable bonds is 8. The minimum Gasteiger partial charge on any atom is -0.378 e. The molecule has 0 spiro atoms. The van der Waals surface area contributed by atoms with E-state index in [0.717, 1.165) is 28.3 Å². The van der Waals surface area contributed by atoms with Crippen molar-refractivity contribution < 1.29 is 4.79 Å². The van der Waals surface area contributed by atoms with Gasteiger partial charge in [0.15, 0.2) is 16.1 Å². The monoisotopic (exact) mass is 498 g/mol. The average Bonchev–Trinajstić information content (AvgIpc) is 3.45. The molecule has 1 amide bonds. The Morgan fingerprint density at radius 3 is 2.45 bits per heavy atom. The number of carbonyl (C=O) groups is 1. The van der Waals surface area contributed by atoms with E-state index in [0.29, 0.717) is 21.9 Å². The van der Waals surface area contributed by atoms with E-state index in [1.807, 2.05) is 67.4 Å². The van der Waals surface area contributed by atoms with Crippen molar-refractivity contribution in [2.45, 2.75) is 18.6 Å². The Morgan fingerprint density at radius 1 is 1.09 bits per heavy atom. The number of anilines is 2. The predicted molar refractivity (Wildman–Crippen MR) is 137 cm³/mol. The zero-order valence-corrected chi connectivity index (χ0v) is 20.8. The molecule has 0 saturated carbocycles. The van der Waals surface area contributed by atoms with E-state index in [9.17, 15) is 4.79 Å². The van der Waals surface area contributed by atoms with Gasteiger partial charge in [0.25, 0.3) is 0 Å². The molecule has 0 saturated heterocycles. The summed E-state index contributed by atoms with van der Waals surface area (Å²) in [7, 11) is 4.01. The van der Waals surface area contributed by atoms with Gasteiger partial charge in [-0.05, 0) is 43.3 Å². The molecule has 0 unspecified atom stereocenters. The summed E-state index contributed by atoms with van der Waals surface area (Å²) in [4.78, 5) is 19.1. The van der Waals surface area contributed by atoms with Gasteiger partial charge < -0.3 is 14.8 Å². The van der Waals surface area contributed by atoms with Gasteiger partial charge in [0.2, 0.25) is 5.91 Å². The second-order valence-corrected chi connectivity index (χ2v) is 9.61. The number of hydrogen-bond donors (Lipinski definition) is 1. The highest BCUT2D eigenvalue weighted by molar-refractivity contribution is 7.99. The molecule has 0 radical (unpaired) electrons. The molecule has 0 atom stereocenters. The zero-order valence-electron chi connectivity index (χ0n) is 18.4. The van der Waals surface area contributed by atoms with Crippen LogP contribution >= 0.6 is 34.7 Å². The van der Waals surface area contributed by atoms with Gasteiger partial charge in [0, 0.05) is 47.9 Å². The van der Waals surface area contributed by atoms with Crippen LogP contribution in [0.25, 0.3) is 22.6 Å². The number of carbonyl (C=O) groups excluding carboxylic acids is 1. The zero-order chi connectivity index (χ0) is 23.4. The second-order valence-electron chi connectivity index (χ2n) is 7.37. The van der Waals surface area contributed by atoms with Gasteiger partial charge in [-0.3, -0.25) is 4.79 Å². The largest absolute Gasteiger partial charge is 0.378 e. The number of hydrogen-bond acceptors (Lipinski definition) is 7. The topological polar surface area (TPSA) is 75.9 Å². The number of halogens is 1. The van der Waals surface area contributed by atoms with Gasteiger partial charge in [0.05, 0.1) is 11.4 Å². The number of thiazole rings is 1. The normalized spacial score (nSPS) is 10.9. The van der Waals surface area contributed by atoms with Crippen LogP contribution in [0.15, 0.2) is 59.1 Å². The maximum atomic E-state index is 12.5. The lowest BCUT2D eigenvalue weighted by Gasteiger charge is -2.13. The Hall–Kier alpha value is -2.88. The third kappa shape index (κ3) is 5.55. The standard InChI is InChI=1S/C23H23ClN6OS2/c1-4-30-21(16-7-11-18(12-8-16)29(2)3)27-28-23(30)33-14-20(31)26-22-25-19(13-32-22)15-5-9-17(24)10-6-15/h5-13H,4,14H2,1-3H3,(H,25,26,31). The van der Waals surface area contributed by atoms with Crippen LogP contribution in [0.5, 0.6) is 0 Å². The quantitative estimate of drug-likeness (QED) is 0.321. The summed E-state index contributed by atoms with van der Waals surface area (Å²) in [5.41, 5.74) is 3.86. The molecular formula is C23H23ClN6OS2. The molecule has 0 aliphatic rings. The van der Waals surface area contributed by atoms with Gasteiger partial charge in [0.1, 0.15) is 0 Å². The molecule has 0 fully saturated rings. The first-order valence-electron chi connectivity index (χ1n) is 10.3. The van der Waals surface area contributed by atoms with Crippen LogP contribution in [0.3, 0.4) is 0 Å². The summed E-state index contributed by atoms with van der Waals surface area (Å²) < 4.78 is 2.02. The highest BCUT2D eigenvalue weighted by Crippen LogP contribution is 2.28. The third-order valence-corrected chi connectivity index (χ3v) is 6.87. The summed E-state index contributed by atoms with van der Waals surface area (Å²) in [5.74, 6) is 0.867. The van der Waals surface area contributed by atoms with Crippen LogP contribution in [0.2, 0.25) is 5.02 Å². The van der Waals surface area contributed by atoms with Crippen LogP contribution in [-0.2, 0) is 11.3 Å². The van der Waals surface area contributed by atoms with Crippen LogP contribution < -0.4 is 10.2 Å². The lowest BCUT2D eigenvalue weighted by Crippen LogP contribution is -2.14. The molecule has 170 valence electrons. The first-order chi connectivity index (χ1) is 15.9. The van der Waals surface area contributed by atoms with Gasteiger partial charge >= 0.3 is 0 Å². The number of aromatic nitrogens is 4. The van der Waals surface area contributed by atoms with Crippen LogP contribution in [0.4, 0.5) is 10.8 Å². The van der Waals surface area contributed by atoms with Crippen molar-refractivity contribution in [3.8, 4) is 22.6 Å². The van der Waals surface area contributed by atoms with Gasteiger partial charge in [-0.2, -0.15) is 0 Å². The van der Waals surface area contributed by atoms with E-state index < -0.39 is 0 Å². The van der Waals surface area contributed by atoms with E-state index in [-0.39, 0.29) is 11.7 Å². The van der Waals surface area contributed by atoms with Gasteiger partial charge in [-0.1, -0.05) is 35.5 Å². The minimum atomic E-state index is -0.139. The number of thioether (sulfide) groups is 1. The molecule has 0 aliphatic heterocycles. The van der Waals surface area contributed by atoms with Crippen molar-refractivity contribution in [3.63, 3.8) is 0 Å². The van der Waals surface area contributed by atoms with Crippen molar-refractivity contribution in [2.24, 2.45) is 0 Å². The summed E-state index contributed by atoms with van der Waals surface area (Å²) in [6.07, 6.45) is 0. The number of nitrogens with zero attached hydrogens (tertiary/aromatic N) is 5. The van der Waals surface area contributed by atoms with E-state index >= 15 is 0 Å². The molecular weight excluding hydrogens is 476 g/mol. The molecule has 7 nitrogen and oxygen atoms in total. The molecule has 2 heterocycles. The Labute approximate surface area is 205 Å². The van der Waals surface area contributed by atoms with Crippen LogP contribution in [0, 0.1) is 0 Å². The Balaban J connectivity index is 1.39. The van der Waals surface area contributed by atoms with Crippen molar-refractivity contribution in [1.29, 1.82) is 0 Å². The SMILES string of the molecule is CCn1c(SCC(=O)Nc2nc(-c3ccc(Cl)cc3)cs2)nnc1-c1ccc(N(C)C)cc1. The van der Waals surface area contributed by atoms with Gasteiger partial charge in [-0.25, -0.2) is 4.98 Å². The molecule has 0 bridgehead atoms. The van der Waals surface area contributed by atoms with Crippen molar-refractivity contribution in [1.82, 2.24) is 19.7 Å². The predicted octanol–water partition coefficient (Wildman–Crippen LogP) is 5.54. The second kappa shape index (κ2) is 10.4. The van der Waals surface area contributed by atoms with Crippen molar-refractivity contribution in [3.05, 3.63) is 58.9 Å². The van der Waals surface area contributed by atoms with E-state index in [1.54, 1.807) is 0 Å². The molecule has 10 heteroatoms. The van der Waals surface area contributed by atoms with Crippen LogP contribution in [-0.4, -0.2) is 45.5 Å². The summed E-state index contributed by atoms with van der Waals surface area (Å²) in [6.45, 7) is 2.75. The summed E-state index contributed by atoms with van der Waals surface area (Å²) in [6, 6.07) is 15.6. The summed E-state index contributed by atoms with van der Waals surface area (Å²) >= 11 is 8.69. The van der Waals surface area contributed by atoms with E-state index in [2.05, 4.69) is 37.5 Å². The number of benzene rings is 2. The van der Waals surface area contributed by atoms with E-state index in [4.69, 9.17) is 11.6 Å². The molecule has 33 heavy (non-hydrogen) atoms. The molecule has 4 aromatic rings. The number of nitrogens with one attached hydrogen (secondary N) is 1. The molecule has 0 aliphatic carbocycles. The maximum absolute atomic E-state index is 12.5. The molecule has 2 aromatic heterocycles. The molecule has 1 N–H and O–H groups in total. The molecule has 4 rings (SSSR count). The van der Waals surface area contributed by atoms with Crippen LogP contribution in [0.1, 0.15) is 6.92 Å². The first-order valence-corrected chi connectivity index (χ1v) is 12.5. The summed E-state index contributed by atoms with van der Waals surface area (Å²) in [5, 5.41) is 15.4. The lowest BCUT2D eigenvalue weighted by atomic mass is 10.2. The number of amides is 1. The third-order valence-electron chi connectivity index (χ3n) is 4.90. The fourth-order valence-corrected chi connectivity index (χ4v) is 4.84. The average molecular weight is 499 g/mol. The fraction of sp³-hybridized carbons (Fsp3) is 0.217. The first kappa shape index (κ1) is 23.3. The van der Waals surface area contributed by atoms with Gasteiger partial charge in [-0.15, -0.1) is 21.5 Å². The Bertz CT molecular complexity index is 1230. The highest BCUT2D eigenvalue weighted by atomic mass is 35.5. The van der Waals surface area contributed by atoms with Crippen molar-refractivity contribution >= 4 is 51.4 Å². The van der Waals surface area contributed by atoms with Crippen molar-refractivity contribution in [2.75, 3.05) is 30.1 Å². The fourth-order valence-electron chi connectivity index (χ4n) is 3.17. The Kier molecular flexibility index (Phi) is 7.32. The maximum Gasteiger partial charge on any atom is 0.236 e.